The Morgan fingerprint density at radius 1 is 1.24 bits per heavy atom. The Balaban J connectivity index is 2.50. The van der Waals surface area contributed by atoms with E-state index in [0.717, 1.165) is 45.9 Å². The van der Waals surface area contributed by atoms with Crippen molar-refractivity contribution in [1.29, 1.82) is 0 Å². The molecule has 1 heterocycles. The zero-order chi connectivity index (χ0) is 15.2. The summed E-state index contributed by atoms with van der Waals surface area (Å²) in [7, 11) is 1.67. The summed E-state index contributed by atoms with van der Waals surface area (Å²) >= 11 is 3.57. The lowest BCUT2D eigenvalue weighted by atomic mass is 10.1. The van der Waals surface area contributed by atoms with Crippen LogP contribution in [0.4, 0.5) is 5.82 Å². The molecular weight excluding hydrogens is 330 g/mol. The molecular formula is C16H20BrN3O. The summed E-state index contributed by atoms with van der Waals surface area (Å²) in [6.45, 7) is 5.51. The van der Waals surface area contributed by atoms with Gasteiger partial charge in [-0.1, -0.05) is 31.2 Å². The first-order valence-corrected chi connectivity index (χ1v) is 7.81. The monoisotopic (exact) mass is 349 g/mol. The first-order valence-electron chi connectivity index (χ1n) is 7.02. The fourth-order valence-electron chi connectivity index (χ4n) is 2.03. The van der Waals surface area contributed by atoms with Gasteiger partial charge in [0.05, 0.1) is 16.8 Å². The minimum Gasteiger partial charge on any atom is -0.378 e. The molecule has 1 aromatic carbocycles. The topological polar surface area (TPSA) is 47.0 Å². The van der Waals surface area contributed by atoms with Crippen LogP contribution in [0.1, 0.15) is 24.6 Å². The van der Waals surface area contributed by atoms with Crippen molar-refractivity contribution in [2.75, 3.05) is 19.0 Å². The van der Waals surface area contributed by atoms with E-state index in [4.69, 9.17) is 4.74 Å². The van der Waals surface area contributed by atoms with E-state index in [9.17, 15) is 0 Å². The lowest BCUT2D eigenvalue weighted by Crippen LogP contribution is -2.08. The Morgan fingerprint density at radius 3 is 2.67 bits per heavy atom. The van der Waals surface area contributed by atoms with Gasteiger partial charge in [0.2, 0.25) is 0 Å². The molecule has 0 radical (unpaired) electrons. The summed E-state index contributed by atoms with van der Waals surface area (Å²) < 4.78 is 6.11. The van der Waals surface area contributed by atoms with E-state index < -0.39 is 0 Å². The van der Waals surface area contributed by atoms with Gasteiger partial charge in [-0.15, -0.1) is 0 Å². The second kappa shape index (κ2) is 7.52. The summed E-state index contributed by atoms with van der Waals surface area (Å²) in [5, 5.41) is 3.34. The van der Waals surface area contributed by atoms with Gasteiger partial charge >= 0.3 is 0 Å². The van der Waals surface area contributed by atoms with Crippen LogP contribution in [0.25, 0.3) is 11.4 Å². The van der Waals surface area contributed by atoms with Crippen LogP contribution in [0.5, 0.6) is 0 Å². The van der Waals surface area contributed by atoms with Crippen molar-refractivity contribution in [3.63, 3.8) is 0 Å². The minimum absolute atomic E-state index is 0.447. The van der Waals surface area contributed by atoms with Gasteiger partial charge in [0, 0.05) is 19.2 Å². The Labute approximate surface area is 134 Å². The third-order valence-electron chi connectivity index (χ3n) is 3.13. The molecule has 0 fully saturated rings. The van der Waals surface area contributed by atoms with E-state index in [1.165, 1.54) is 0 Å². The molecule has 2 aromatic rings. The molecule has 112 valence electrons. The van der Waals surface area contributed by atoms with Crippen molar-refractivity contribution >= 4 is 21.7 Å². The lowest BCUT2D eigenvalue weighted by Gasteiger charge is -2.13. The summed E-state index contributed by atoms with van der Waals surface area (Å²) in [5.41, 5.74) is 3.05. The SMILES string of the molecule is CCCNc1nc(-c2ccccc2C)nc(COC)c1Br. The van der Waals surface area contributed by atoms with Crippen LogP contribution in [0.15, 0.2) is 28.7 Å². The van der Waals surface area contributed by atoms with Crippen LogP contribution in [0, 0.1) is 6.92 Å². The van der Waals surface area contributed by atoms with Gasteiger partial charge in [-0.3, -0.25) is 0 Å². The molecule has 0 saturated carbocycles. The molecule has 4 nitrogen and oxygen atoms in total. The Hall–Kier alpha value is -1.46. The van der Waals surface area contributed by atoms with Crippen molar-refractivity contribution in [2.24, 2.45) is 0 Å². The van der Waals surface area contributed by atoms with E-state index >= 15 is 0 Å². The van der Waals surface area contributed by atoms with E-state index in [-0.39, 0.29) is 0 Å². The van der Waals surface area contributed by atoms with Crippen LogP contribution in [-0.4, -0.2) is 23.6 Å². The molecule has 0 aliphatic carbocycles. The third-order valence-corrected chi connectivity index (χ3v) is 3.96. The van der Waals surface area contributed by atoms with E-state index in [1.54, 1.807) is 7.11 Å². The zero-order valence-electron chi connectivity index (χ0n) is 12.6. The smallest absolute Gasteiger partial charge is 0.162 e. The first kappa shape index (κ1) is 15.9. The molecule has 1 aromatic heterocycles. The van der Waals surface area contributed by atoms with Crippen molar-refractivity contribution < 1.29 is 4.74 Å². The fraction of sp³-hybridized carbons (Fsp3) is 0.375. The van der Waals surface area contributed by atoms with Crippen molar-refractivity contribution in [3.05, 3.63) is 40.0 Å². The highest BCUT2D eigenvalue weighted by molar-refractivity contribution is 9.10. The molecule has 0 bridgehead atoms. The highest BCUT2D eigenvalue weighted by atomic mass is 79.9. The van der Waals surface area contributed by atoms with E-state index in [0.29, 0.717) is 6.61 Å². The van der Waals surface area contributed by atoms with Crippen molar-refractivity contribution in [3.8, 4) is 11.4 Å². The third kappa shape index (κ3) is 3.80. The van der Waals surface area contributed by atoms with Crippen molar-refractivity contribution in [2.45, 2.75) is 26.9 Å². The number of methoxy groups -OCH3 is 1. The van der Waals surface area contributed by atoms with Crippen LogP contribution >= 0.6 is 15.9 Å². The van der Waals surface area contributed by atoms with Crippen LogP contribution in [0.2, 0.25) is 0 Å². The Morgan fingerprint density at radius 2 is 2.00 bits per heavy atom. The number of hydrogen-bond donors (Lipinski definition) is 1. The van der Waals surface area contributed by atoms with Gasteiger partial charge in [-0.2, -0.15) is 0 Å². The number of halogens is 1. The quantitative estimate of drug-likeness (QED) is 0.849. The average molecular weight is 350 g/mol. The van der Waals surface area contributed by atoms with Gasteiger partial charge in [0.25, 0.3) is 0 Å². The standard InChI is InChI=1S/C16H20BrN3O/c1-4-9-18-16-14(17)13(10-21-3)19-15(20-16)12-8-6-5-7-11(12)2/h5-8H,4,9-10H2,1-3H3,(H,18,19,20). The molecule has 1 N–H and O–H groups in total. The van der Waals surface area contributed by atoms with Gasteiger partial charge in [-0.05, 0) is 34.8 Å². The Kier molecular flexibility index (Phi) is 5.70. The Bertz CT molecular complexity index is 616. The zero-order valence-corrected chi connectivity index (χ0v) is 14.2. The van der Waals surface area contributed by atoms with E-state index in [1.807, 2.05) is 18.2 Å². The largest absolute Gasteiger partial charge is 0.378 e. The minimum atomic E-state index is 0.447. The van der Waals surface area contributed by atoms with Crippen LogP contribution in [0.3, 0.4) is 0 Å². The van der Waals surface area contributed by atoms with Gasteiger partial charge in [-0.25, -0.2) is 9.97 Å². The van der Waals surface area contributed by atoms with Gasteiger partial charge < -0.3 is 10.1 Å². The summed E-state index contributed by atoms with van der Waals surface area (Å²) in [6.07, 6.45) is 1.04. The molecule has 0 aliphatic heterocycles. The van der Waals surface area contributed by atoms with E-state index in [2.05, 4.69) is 51.1 Å². The number of ether oxygens (including phenoxy) is 1. The number of aromatic nitrogens is 2. The number of aryl methyl sites for hydroxylation is 1. The molecule has 5 heteroatoms. The second-order valence-corrected chi connectivity index (χ2v) is 5.62. The van der Waals surface area contributed by atoms with Crippen LogP contribution in [-0.2, 0) is 11.3 Å². The molecule has 0 spiro atoms. The lowest BCUT2D eigenvalue weighted by molar-refractivity contribution is 0.181. The number of rotatable bonds is 6. The molecule has 21 heavy (non-hydrogen) atoms. The number of anilines is 1. The van der Waals surface area contributed by atoms with Gasteiger partial charge in [0.15, 0.2) is 5.82 Å². The molecule has 0 amide bonds. The average Bonchev–Trinajstić information content (AvgIpc) is 2.49. The van der Waals surface area contributed by atoms with Gasteiger partial charge in [0.1, 0.15) is 5.82 Å². The normalized spacial score (nSPS) is 10.7. The molecule has 2 rings (SSSR count). The maximum atomic E-state index is 5.24. The van der Waals surface area contributed by atoms with Crippen LogP contribution < -0.4 is 5.32 Å². The number of nitrogens with one attached hydrogen (secondary N) is 1. The number of hydrogen-bond acceptors (Lipinski definition) is 4. The second-order valence-electron chi connectivity index (χ2n) is 4.83. The summed E-state index contributed by atoms with van der Waals surface area (Å²) in [4.78, 5) is 9.30. The maximum absolute atomic E-state index is 5.24. The summed E-state index contributed by atoms with van der Waals surface area (Å²) in [5.74, 6) is 1.54. The molecule has 0 aliphatic rings. The fourth-order valence-corrected chi connectivity index (χ4v) is 2.46. The number of benzene rings is 1. The molecule has 0 atom stereocenters. The highest BCUT2D eigenvalue weighted by Gasteiger charge is 2.14. The molecule has 0 saturated heterocycles. The highest BCUT2D eigenvalue weighted by Crippen LogP contribution is 2.29. The summed E-state index contributed by atoms with van der Waals surface area (Å²) in [6, 6.07) is 8.13. The number of nitrogens with zero attached hydrogens (tertiary/aromatic N) is 2. The maximum Gasteiger partial charge on any atom is 0.162 e. The predicted molar refractivity (Wildman–Crippen MR) is 89.4 cm³/mol. The first-order chi connectivity index (χ1) is 10.2. The van der Waals surface area contributed by atoms with Crippen molar-refractivity contribution in [1.82, 2.24) is 9.97 Å². The predicted octanol–water partition coefficient (Wildman–Crippen LogP) is 4.18. The molecule has 0 unspecified atom stereocenters.